The largest absolute Gasteiger partial charge is 0.512 e. The Bertz CT molecular complexity index is 2010. The topological polar surface area (TPSA) is 63.1 Å². The smallest absolute Gasteiger partial charge is 0.164 e. The number of rotatable bonds is 9. The van der Waals surface area contributed by atoms with E-state index in [1.165, 1.54) is 17.0 Å². The van der Waals surface area contributed by atoms with Crippen LogP contribution in [-0.2, 0) is 30.3 Å². The maximum absolute atomic E-state index is 12.2. The van der Waals surface area contributed by atoms with Crippen LogP contribution in [0.5, 0.6) is 0 Å². The number of aliphatic hydroxyl groups excluding tert-OH is 1. The molecule has 263 valence electrons. The quantitative estimate of drug-likeness (QED) is 0.0670. The second-order valence-electron chi connectivity index (χ2n) is 14.4. The summed E-state index contributed by atoms with van der Waals surface area (Å²) in [6, 6.07) is 18.6. The normalized spacial score (nSPS) is 12.5. The third-order valence-corrected chi connectivity index (χ3v) is 11.9. The Labute approximate surface area is 316 Å². The molecular formula is C42H51IrN2O2S2-. The van der Waals surface area contributed by atoms with E-state index in [0.29, 0.717) is 0 Å². The molecule has 0 bridgehead atoms. The summed E-state index contributed by atoms with van der Waals surface area (Å²) in [5, 5.41) is 13.6. The van der Waals surface area contributed by atoms with Crippen molar-refractivity contribution in [3.05, 3.63) is 84.4 Å². The van der Waals surface area contributed by atoms with Crippen LogP contribution in [0, 0.1) is 16.9 Å². The van der Waals surface area contributed by atoms with Gasteiger partial charge >= 0.3 is 0 Å². The van der Waals surface area contributed by atoms with Crippen molar-refractivity contribution in [2.75, 3.05) is 0 Å². The van der Waals surface area contributed by atoms with Crippen molar-refractivity contribution < 1.29 is 30.0 Å². The van der Waals surface area contributed by atoms with Crippen molar-refractivity contribution in [1.82, 2.24) is 9.97 Å². The van der Waals surface area contributed by atoms with Crippen LogP contribution in [0.1, 0.15) is 106 Å². The van der Waals surface area contributed by atoms with E-state index in [-0.39, 0.29) is 47.9 Å². The van der Waals surface area contributed by atoms with Crippen molar-refractivity contribution in [2.24, 2.45) is 10.8 Å². The summed E-state index contributed by atoms with van der Waals surface area (Å²) < 4.78 is 2.22. The van der Waals surface area contributed by atoms with Gasteiger partial charge in [-0.1, -0.05) is 104 Å². The first kappa shape index (κ1) is 40.6. The Morgan fingerprint density at radius 1 is 0.959 bits per heavy atom. The standard InChI is InChI=1S/C27H23N2S2.C15H28O2.Ir/c1-15(2)18-10-11-21-22(25(18)30)24-26(31-21)23(28-14-29-24)17-12-16-8-6-7-9-19(16)20(13-17)27(3,4)5;1-7-14(5,8-2)12(16)11-13(17)15(6,9-3)10-4;/h6-11,13-14,30H,1H2,2-5H3;11,16H,7-10H2,1-6H3;/q-1;;/b;12-11-;. The van der Waals surface area contributed by atoms with E-state index in [0.717, 1.165) is 78.7 Å². The fourth-order valence-corrected chi connectivity index (χ4v) is 7.58. The fourth-order valence-electron chi connectivity index (χ4n) is 5.84. The van der Waals surface area contributed by atoms with E-state index in [9.17, 15) is 9.90 Å². The summed E-state index contributed by atoms with van der Waals surface area (Å²) in [6.07, 6.45) is 6.41. The first-order chi connectivity index (χ1) is 22.5. The predicted octanol–water partition coefficient (Wildman–Crippen LogP) is 12.7. The average molecular weight is 872 g/mol. The van der Waals surface area contributed by atoms with E-state index in [1.54, 1.807) is 17.7 Å². The summed E-state index contributed by atoms with van der Waals surface area (Å²) in [6.45, 7) is 24.9. The Hall–Kier alpha value is -2.83. The fraction of sp³-hybridized carbons (Fsp3) is 0.405. The van der Waals surface area contributed by atoms with Gasteiger partial charge in [-0.3, -0.25) is 9.78 Å². The van der Waals surface area contributed by atoms with Crippen LogP contribution in [-0.4, -0.2) is 20.9 Å². The van der Waals surface area contributed by atoms with Gasteiger partial charge in [-0.05, 0) is 55.2 Å². The molecule has 7 heteroatoms. The third-order valence-electron chi connectivity index (χ3n) is 10.3. The first-order valence-corrected chi connectivity index (χ1v) is 18.3. The van der Waals surface area contributed by atoms with Gasteiger partial charge in [0.25, 0.3) is 0 Å². The number of benzene rings is 3. The maximum Gasteiger partial charge on any atom is 0.164 e. The molecule has 0 unspecified atom stereocenters. The molecule has 3 aromatic carbocycles. The van der Waals surface area contributed by atoms with Gasteiger partial charge in [0.2, 0.25) is 0 Å². The van der Waals surface area contributed by atoms with Gasteiger partial charge in [0, 0.05) is 62.4 Å². The second kappa shape index (κ2) is 16.0. The molecule has 5 aromatic rings. The van der Waals surface area contributed by atoms with Crippen LogP contribution in [0.4, 0.5) is 0 Å². The molecule has 0 saturated carbocycles. The van der Waals surface area contributed by atoms with Crippen LogP contribution in [0.25, 0.3) is 47.9 Å². The molecule has 2 aromatic heterocycles. The van der Waals surface area contributed by atoms with Gasteiger partial charge in [0.15, 0.2) is 5.78 Å². The molecule has 1 N–H and O–H groups in total. The molecule has 0 atom stereocenters. The van der Waals surface area contributed by atoms with Gasteiger partial charge < -0.3 is 5.11 Å². The van der Waals surface area contributed by atoms with Gasteiger partial charge in [0.1, 0.15) is 12.1 Å². The molecule has 0 fully saturated rings. The molecule has 5 rings (SSSR count). The number of carbonyl (C=O) groups excluding carboxylic acids is 1. The van der Waals surface area contributed by atoms with Crippen molar-refractivity contribution in [3.8, 4) is 11.3 Å². The number of nitrogens with zero attached hydrogens (tertiary/aromatic N) is 2. The summed E-state index contributed by atoms with van der Waals surface area (Å²) in [5.74, 6) is 0.286. The summed E-state index contributed by atoms with van der Waals surface area (Å²) >= 11 is 6.56. The number of ketones is 1. The van der Waals surface area contributed by atoms with E-state index in [2.05, 4.69) is 80.9 Å². The predicted molar refractivity (Wildman–Crippen MR) is 210 cm³/mol. The SMILES string of the molecule is C=C(C)c1ccc2sc3c(-c4[c-]c5ccccc5c(C(C)(C)C)c4)ncnc3c2c1S.CCC(C)(CC)C(=O)/C=C(\O)C(C)(CC)CC.[Ir]. The summed E-state index contributed by atoms with van der Waals surface area (Å²) in [7, 11) is 0. The number of thiol groups is 1. The van der Waals surface area contributed by atoms with Gasteiger partial charge in [-0.25, -0.2) is 4.98 Å². The van der Waals surface area contributed by atoms with Crippen LogP contribution in [0.2, 0.25) is 0 Å². The Morgan fingerprint density at radius 2 is 1.57 bits per heavy atom. The average Bonchev–Trinajstić information content (AvgIpc) is 3.46. The van der Waals surface area contributed by atoms with E-state index >= 15 is 0 Å². The number of hydrogen-bond acceptors (Lipinski definition) is 6. The molecule has 1 radical (unpaired) electrons. The van der Waals surface area contributed by atoms with Crippen molar-refractivity contribution in [3.63, 3.8) is 0 Å². The Kier molecular flexibility index (Phi) is 13.3. The molecule has 0 spiro atoms. The number of aromatic nitrogens is 2. The Balaban J connectivity index is 0.000000312. The number of fused-ring (bicyclic) bond motifs is 4. The summed E-state index contributed by atoms with van der Waals surface area (Å²) in [5.41, 5.74) is 5.62. The van der Waals surface area contributed by atoms with Crippen molar-refractivity contribution in [2.45, 2.75) is 105 Å². The van der Waals surface area contributed by atoms with Crippen molar-refractivity contribution in [1.29, 1.82) is 0 Å². The molecule has 0 amide bonds. The molecule has 4 nitrogen and oxygen atoms in total. The van der Waals surface area contributed by atoms with E-state index in [4.69, 9.17) is 17.6 Å². The molecule has 0 aliphatic carbocycles. The second-order valence-corrected chi connectivity index (χ2v) is 15.9. The van der Waals surface area contributed by atoms with Crippen LogP contribution >= 0.6 is 24.0 Å². The number of thiophene rings is 1. The van der Waals surface area contributed by atoms with Crippen LogP contribution in [0.15, 0.2) is 72.1 Å². The zero-order valence-corrected chi connectivity index (χ0v) is 34.8. The molecule has 0 aliphatic rings. The third kappa shape index (κ3) is 8.22. The Morgan fingerprint density at radius 3 is 2.14 bits per heavy atom. The monoisotopic (exact) mass is 872 g/mol. The zero-order valence-electron chi connectivity index (χ0n) is 30.7. The number of allylic oxidation sites excluding steroid dienone is 3. The minimum atomic E-state index is -0.337. The van der Waals surface area contributed by atoms with Gasteiger partial charge in [-0.15, -0.1) is 53.1 Å². The van der Waals surface area contributed by atoms with E-state index in [1.807, 2.05) is 48.5 Å². The number of carbonyl (C=O) groups is 1. The molecule has 0 saturated heterocycles. The molecular weight excluding hydrogens is 821 g/mol. The van der Waals surface area contributed by atoms with E-state index < -0.39 is 0 Å². The number of hydrogen-bond donors (Lipinski definition) is 2. The van der Waals surface area contributed by atoms with Crippen LogP contribution in [0.3, 0.4) is 0 Å². The maximum atomic E-state index is 12.2. The first-order valence-electron chi connectivity index (χ1n) is 17.0. The molecule has 2 heterocycles. The summed E-state index contributed by atoms with van der Waals surface area (Å²) in [4.78, 5) is 22.5. The number of aliphatic hydroxyl groups is 1. The minimum absolute atomic E-state index is 0. The van der Waals surface area contributed by atoms with Gasteiger partial charge in [-0.2, -0.15) is 0 Å². The van der Waals surface area contributed by atoms with Gasteiger partial charge in [0.05, 0.1) is 5.52 Å². The minimum Gasteiger partial charge on any atom is -0.512 e. The molecule has 0 aliphatic heterocycles. The zero-order chi connectivity index (χ0) is 35.6. The van der Waals surface area contributed by atoms with Crippen molar-refractivity contribution >= 4 is 66.4 Å². The van der Waals surface area contributed by atoms with Crippen LogP contribution < -0.4 is 0 Å². The molecule has 49 heavy (non-hydrogen) atoms.